The molecule has 1 heterocycles. The molecule has 3 nitrogen and oxygen atoms in total. The quantitative estimate of drug-likeness (QED) is 0.573. The molecule has 0 fully saturated rings. The average molecular weight is 141 g/mol. The van der Waals surface area contributed by atoms with Gasteiger partial charge in [0.05, 0.1) is 0 Å². The van der Waals surface area contributed by atoms with Gasteiger partial charge in [-0.25, -0.2) is 4.99 Å². The van der Waals surface area contributed by atoms with Crippen LogP contribution in [0, 0.1) is 0 Å². The van der Waals surface area contributed by atoms with Crippen LogP contribution in [-0.2, 0) is 9.47 Å². The third-order valence-electron chi connectivity index (χ3n) is 1.23. The summed E-state index contributed by atoms with van der Waals surface area (Å²) in [6.45, 7) is 2.46. The van der Waals surface area contributed by atoms with Crippen LogP contribution in [0.25, 0.3) is 0 Å². The topological polar surface area (TPSA) is 30.8 Å². The highest BCUT2D eigenvalue weighted by atomic mass is 16.6. The van der Waals surface area contributed by atoms with Crippen molar-refractivity contribution in [2.24, 2.45) is 4.99 Å². The molecule has 0 N–H and O–H groups in total. The van der Waals surface area contributed by atoms with Crippen molar-refractivity contribution in [3.63, 3.8) is 0 Å². The Hall–Kier alpha value is -0.830. The number of hydrogen-bond donors (Lipinski definition) is 0. The van der Waals surface area contributed by atoms with Crippen LogP contribution < -0.4 is 0 Å². The number of hydrogen-bond acceptors (Lipinski definition) is 3. The van der Waals surface area contributed by atoms with E-state index in [4.69, 9.17) is 9.47 Å². The van der Waals surface area contributed by atoms with Gasteiger partial charge in [0.25, 0.3) is 0 Å². The summed E-state index contributed by atoms with van der Waals surface area (Å²) in [4.78, 5) is 4.08. The molecular formula is C7H11NO2. The standard InChI is InChI=1S/C7H11NO2/c1-3-4-6-8-7(9-2)5-10-6/h3-4,7H,5H2,1-2H3. The average Bonchev–Trinajstić information content (AvgIpc) is 2.37. The van der Waals surface area contributed by atoms with E-state index in [0.29, 0.717) is 12.5 Å². The first-order valence-electron chi connectivity index (χ1n) is 3.23. The van der Waals surface area contributed by atoms with E-state index in [1.165, 1.54) is 0 Å². The van der Waals surface area contributed by atoms with Gasteiger partial charge in [-0.15, -0.1) is 0 Å². The Morgan fingerprint density at radius 3 is 3.10 bits per heavy atom. The van der Waals surface area contributed by atoms with Gasteiger partial charge >= 0.3 is 0 Å². The van der Waals surface area contributed by atoms with Crippen LogP contribution in [0.2, 0.25) is 0 Å². The molecule has 1 unspecified atom stereocenters. The van der Waals surface area contributed by atoms with E-state index in [-0.39, 0.29) is 6.23 Å². The van der Waals surface area contributed by atoms with Gasteiger partial charge in [0.15, 0.2) is 6.23 Å². The fourth-order valence-electron chi connectivity index (χ4n) is 0.728. The summed E-state index contributed by atoms with van der Waals surface area (Å²) in [6.07, 6.45) is 3.60. The van der Waals surface area contributed by atoms with Gasteiger partial charge in [0.2, 0.25) is 5.90 Å². The number of rotatable bonds is 2. The van der Waals surface area contributed by atoms with Crippen LogP contribution in [0.4, 0.5) is 0 Å². The number of allylic oxidation sites excluding steroid dienone is 1. The van der Waals surface area contributed by atoms with Gasteiger partial charge in [0.1, 0.15) is 6.61 Å². The minimum Gasteiger partial charge on any atom is -0.473 e. The lowest BCUT2D eigenvalue weighted by atomic mass is 10.5. The predicted octanol–water partition coefficient (Wildman–Crippen LogP) is 0.964. The summed E-state index contributed by atoms with van der Waals surface area (Å²) in [6, 6.07) is 0. The first-order chi connectivity index (χ1) is 4.86. The van der Waals surface area contributed by atoms with E-state index >= 15 is 0 Å². The second-order valence-electron chi connectivity index (χ2n) is 1.97. The minimum atomic E-state index is -0.105. The lowest BCUT2D eigenvalue weighted by Crippen LogP contribution is -2.07. The molecule has 10 heavy (non-hydrogen) atoms. The van der Waals surface area contributed by atoms with Crippen molar-refractivity contribution < 1.29 is 9.47 Å². The lowest BCUT2D eigenvalue weighted by molar-refractivity contribution is 0.0834. The Kier molecular flexibility index (Phi) is 2.45. The molecule has 1 aliphatic rings. The Morgan fingerprint density at radius 2 is 2.60 bits per heavy atom. The predicted molar refractivity (Wildman–Crippen MR) is 39.0 cm³/mol. The van der Waals surface area contributed by atoms with Gasteiger partial charge in [-0.2, -0.15) is 0 Å². The minimum absolute atomic E-state index is 0.105. The number of methoxy groups -OCH3 is 1. The molecule has 0 aromatic carbocycles. The fraction of sp³-hybridized carbons (Fsp3) is 0.571. The van der Waals surface area contributed by atoms with E-state index in [1.54, 1.807) is 7.11 Å². The molecule has 0 saturated heterocycles. The summed E-state index contributed by atoms with van der Waals surface area (Å²) >= 11 is 0. The highest BCUT2D eigenvalue weighted by molar-refractivity contribution is 5.88. The number of nitrogens with zero attached hydrogens (tertiary/aromatic N) is 1. The Morgan fingerprint density at radius 1 is 1.80 bits per heavy atom. The van der Waals surface area contributed by atoms with Crippen LogP contribution in [0.1, 0.15) is 6.92 Å². The Balaban J connectivity index is 2.48. The second-order valence-corrected chi connectivity index (χ2v) is 1.97. The van der Waals surface area contributed by atoms with Crippen LogP contribution in [0.3, 0.4) is 0 Å². The van der Waals surface area contributed by atoms with E-state index in [9.17, 15) is 0 Å². The molecule has 1 atom stereocenters. The van der Waals surface area contributed by atoms with Crippen LogP contribution in [0.15, 0.2) is 17.1 Å². The number of aliphatic imine (C=N–C) groups is 1. The van der Waals surface area contributed by atoms with Gasteiger partial charge in [-0.05, 0) is 13.0 Å². The molecule has 1 aliphatic heterocycles. The largest absolute Gasteiger partial charge is 0.473 e. The Bertz CT molecular complexity index is 163. The van der Waals surface area contributed by atoms with Crippen molar-refractivity contribution in [3.05, 3.63) is 12.2 Å². The summed E-state index contributed by atoms with van der Waals surface area (Å²) in [5.74, 6) is 0.661. The van der Waals surface area contributed by atoms with Gasteiger partial charge < -0.3 is 9.47 Å². The monoisotopic (exact) mass is 141 g/mol. The second kappa shape index (κ2) is 3.37. The zero-order valence-corrected chi connectivity index (χ0v) is 6.20. The van der Waals surface area contributed by atoms with Gasteiger partial charge in [-0.3, -0.25) is 0 Å². The number of ether oxygens (including phenoxy) is 2. The molecule has 0 saturated carbocycles. The van der Waals surface area contributed by atoms with Crippen LogP contribution >= 0.6 is 0 Å². The summed E-state index contributed by atoms with van der Waals surface area (Å²) < 4.78 is 10.1. The van der Waals surface area contributed by atoms with E-state index < -0.39 is 0 Å². The molecule has 0 aromatic heterocycles. The Labute approximate surface area is 60.4 Å². The molecule has 3 heteroatoms. The van der Waals surface area contributed by atoms with Crippen molar-refractivity contribution in [3.8, 4) is 0 Å². The molecule has 0 amide bonds. The molecule has 0 aromatic rings. The zero-order chi connectivity index (χ0) is 7.40. The first kappa shape index (κ1) is 7.28. The van der Waals surface area contributed by atoms with Gasteiger partial charge in [0, 0.05) is 7.11 Å². The van der Waals surface area contributed by atoms with Crippen LogP contribution in [0.5, 0.6) is 0 Å². The normalized spacial score (nSPS) is 25.0. The molecule has 0 aliphatic carbocycles. The molecule has 1 rings (SSSR count). The lowest BCUT2D eigenvalue weighted by Gasteiger charge is -1.97. The smallest absolute Gasteiger partial charge is 0.211 e. The molecular weight excluding hydrogens is 130 g/mol. The third-order valence-corrected chi connectivity index (χ3v) is 1.23. The summed E-state index contributed by atoms with van der Waals surface area (Å²) in [5, 5.41) is 0. The highest BCUT2D eigenvalue weighted by Crippen LogP contribution is 2.04. The molecule has 0 bridgehead atoms. The molecule has 0 radical (unpaired) electrons. The van der Waals surface area contributed by atoms with Crippen LogP contribution in [-0.4, -0.2) is 25.8 Å². The van der Waals surface area contributed by atoms with Gasteiger partial charge in [-0.1, -0.05) is 6.08 Å². The first-order valence-corrected chi connectivity index (χ1v) is 3.23. The van der Waals surface area contributed by atoms with Crippen molar-refractivity contribution in [1.82, 2.24) is 0 Å². The maximum absolute atomic E-state index is 5.14. The molecule has 0 spiro atoms. The van der Waals surface area contributed by atoms with Crippen molar-refractivity contribution in [1.29, 1.82) is 0 Å². The maximum atomic E-state index is 5.14. The van der Waals surface area contributed by atoms with Crippen molar-refractivity contribution in [2.45, 2.75) is 13.2 Å². The summed E-state index contributed by atoms with van der Waals surface area (Å²) in [7, 11) is 1.62. The highest BCUT2D eigenvalue weighted by Gasteiger charge is 2.14. The zero-order valence-electron chi connectivity index (χ0n) is 6.20. The van der Waals surface area contributed by atoms with E-state index in [1.807, 2.05) is 19.1 Å². The SMILES string of the molecule is CC=CC1=NC(OC)CO1. The van der Waals surface area contributed by atoms with E-state index in [0.717, 1.165) is 0 Å². The van der Waals surface area contributed by atoms with Crippen molar-refractivity contribution >= 4 is 5.90 Å². The fourth-order valence-corrected chi connectivity index (χ4v) is 0.728. The van der Waals surface area contributed by atoms with E-state index in [2.05, 4.69) is 4.99 Å². The maximum Gasteiger partial charge on any atom is 0.211 e. The molecule has 56 valence electrons. The summed E-state index contributed by atoms with van der Waals surface area (Å²) in [5.41, 5.74) is 0. The third kappa shape index (κ3) is 1.57. The van der Waals surface area contributed by atoms with Crippen molar-refractivity contribution in [2.75, 3.05) is 13.7 Å².